The Balaban J connectivity index is 1.67. The fourth-order valence-corrected chi connectivity index (χ4v) is 4.90. The number of rotatable bonds is 6. The lowest BCUT2D eigenvalue weighted by Crippen LogP contribution is -2.55. The molecular formula is C26H33N3O2. The van der Waals surface area contributed by atoms with Crippen LogP contribution >= 0.6 is 0 Å². The van der Waals surface area contributed by atoms with E-state index in [0.717, 1.165) is 42.5 Å². The molecule has 1 aliphatic carbocycles. The van der Waals surface area contributed by atoms with Crippen LogP contribution < -0.4 is 5.32 Å². The Bertz CT molecular complexity index is 943. The van der Waals surface area contributed by atoms with Gasteiger partial charge in [-0.3, -0.25) is 14.6 Å². The molecule has 1 aromatic carbocycles. The van der Waals surface area contributed by atoms with Crippen LogP contribution in [0.3, 0.4) is 0 Å². The second-order valence-electron chi connectivity index (χ2n) is 9.66. The molecule has 2 heterocycles. The van der Waals surface area contributed by atoms with E-state index in [1.807, 2.05) is 43.0 Å². The summed E-state index contributed by atoms with van der Waals surface area (Å²) in [4.78, 5) is 32.7. The predicted molar refractivity (Wildman–Crippen MR) is 122 cm³/mol. The summed E-state index contributed by atoms with van der Waals surface area (Å²) >= 11 is 0. The van der Waals surface area contributed by atoms with E-state index >= 15 is 0 Å². The summed E-state index contributed by atoms with van der Waals surface area (Å²) in [5.74, 6) is 0.915. The van der Waals surface area contributed by atoms with Gasteiger partial charge in [-0.1, -0.05) is 31.2 Å². The monoisotopic (exact) mass is 419 g/mol. The number of carbonyl (C=O) groups is 2. The number of amides is 2. The van der Waals surface area contributed by atoms with Crippen LogP contribution in [0.5, 0.6) is 0 Å². The number of piperidine rings is 1. The Hall–Kier alpha value is -2.69. The highest BCUT2D eigenvalue weighted by molar-refractivity contribution is 5.87. The summed E-state index contributed by atoms with van der Waals surface area (Å²) in [5.41, 5.74) is 2.75. The van der Waals surface area contributed by atoms with Crippen molar-refractivity contribution in [1.82, 2.24) is 15.2 Å². The first-order chi connectivity index (χ1) is 14.9. The number of hydrogen-bond acceptors (Lipinski definition) is 3. The van der Waals surface area contributed by atoms with Crippen LogP contribution in [0.25, 0.3) is 11.1 Å². The van der Waals surface area contributed by atoms with Crippen LogP contribution in [0.4, 0.5) is 0 Å². The van der Waals surface area contributed by atoms with Crippen molar-refractivity contribution in [3.8, 4) is 11.1 Å². The molecule has 2 fully saturated rings. The van der Waals surface area contributed by atoms with Crippen LogP contribution in [-0.2, 0) is 16.0 Å². The summed E-state index contributed by atoms with van der Waals surface area (Å²) in [6.45, 7) is 7.38. The number of carbonyl (C=O) groups excluding carboxylic acids is 2. The number of pyridine rings is 1. The topological polar surface area (TPSA) is 62.3 Å². The van der Waals surface area contributed by atoms with Gasteiger partial charge in [0, 0.05) is 37.4 Å². The number of nitrogens with one attached hydrogen (secondary N) is 1. The highest BCUT2D eigenvalue weighted by Crippen LogP contribution is 2.42. The summed E-state index contributed by atoms with van der Waals surface area (Å²) in [6, 6.07) is 12.4. The van der Waals surface area contributed by atoms with Gasteiger partial charge >= 0.3 is 0 Å². The van der Waals surface area contributed by atoms with Crippen LogP contribution in [0.2, 0.25) is 0 Å². The molecule has 164 valence electrons. The Morgan fingerprint density at radius 2 is 1.90 bits per heavy atom. The Morgan fingerprint density at radius 3 is 2.58 bits per heavy atom. The molecule has 0 radical (unpaired) electrons. The maximum absolute atomic E-state index is 13.5. The molecule has 1 saturated heterocycles. The third-order valence-electron chi connectivity index (χ3n) is 6.75. The highest BCUT2D eigenvalue weighted by atomic mass is 16.2. The van der Waals surface area contributed by atoms with E-state index in [1.54, 1.807) is 12.4 Å². The standard InChI is InChI=1S/C26H33N3O2/c1-18(2)28-25(31)26(11-6-14-29(17-26)24(30)23-15-19(23)3)16-21-7-4-5-8-22(21)20-9-12-27-13-10-20/h4-5,7-10,12-13,18-19,23H,6,11,14-17H2,1-3H3,(H,28,31)/t19-,23+,26-/m0/s1. The molecule has 1 N–H and O–H groups in total. The third-order valence-corrected chi connectivity index (χ3v) is 6.75. The maximum atomic E-state index is 13.5. The van der Waals surface area contributed by atoms with E-state index in [-0.39, 0.29) is 23.8 Å². The van der Waals surface area contributed by atoms with Crippen molar-refractivity contribution in [1.29, 1.82) is 0 Å². The van der Waals surface area contributed by atoms with Crippen molar-refractivity contribution in [3.05, 3.63) is 54.4 Å². The molecule has 0 unspecified atom stereocenters. The first kappa shape index (κ1) is 21.5. The van der Waals surface area contributed by atoms with E-state index in [1.165, 1.54) is 0 Å². The van der Waals surface area contributed by atoms with Gasteiger partial charge in [0.05, 0.1) is 5.41 Å². The molecule has 2 amide bonds. The van der Waals surface area contributed by atoms with E-state index in [0.29, 0.717) is 18.9 Å². The van der Waals surface area contributed by atoms with Crippen LogP contribution in [-0.4, -0.2) is 40.8 Å². The fourth-order valence-electron chi connectivity index (χ4n) is 4.90. The van der Waals surface area contributed by atoms with E-state index in [2.05, 4.69) is 29.4 Å². The SMILES string of the molecule is CC(C)NC(=O)[C@]1(Cc2ccccc2-c2ccncc2)CCCN(C(=O)[C@@H]2C[C@@H]2C)C1. The van der Waals surface area contributed by atoms with E-state index in [9.17, 15) is 9.59 Å². The fraction of sp³-hybridized carbons (Fsp3) is 0.500. The lowest BCUT2D eigenvalue weighted by atomic mass is 9.73. The molecule has 3 atom stereocenters. The zero-order valence-corrected chi connectivity index (χ0v) is 18.8. The average Bonchev–Trinajstić information content (AvgIpc) is 3.50. The van der Waals surface area contributed by atoms with E-state index in [4.69, 9.17) is 0 Å². The summed E-state index contributed by atoms with van der Waals surface area (Å²) < 4.78 is 0. The minimum atomic E-state index is -0.612. The van der Waals surface area contributed by atoms with Gasteiger partial charge < -0.3 is 10.2 Å². The minimum Gasteiger partial charge on any atom is -0.353 e. The zero-order valence-electron chi connectivity index (χ0n) is 18.8. The van der Waals surface area contributed by atoms with Crippen LogP contribution in [0, 0.1) is 17.3 Å². The van der Waals surface area contributed by atoms with Gasteiger partial charge in [-0.05, 0) is 74.3 Å². The third kappa shape index (κ3) is 4.65. The van der Waals surface area contributed by atoms with Crippen molar-refractivity contribution in [2.75, 3.05) is 13.1 Å². The van der Waals surface area contributed by atoms with Crippen LogP contribution in [0.15, 0.2) is 48.8 Å². The molecule has 31 heavy (non-hydrogen) atoms. The number of benzene rings is 1. The molecule has 5 heteroatoms. The molecule has 5 nitrogen and oxygen atoms in total. The normalized spacial score (nSPS) is 25.4. The van der Waals surface area contributed by atoms with Crippen molar-refractivity contribution in [2.45, 2.75) is 52.5 Å². The van der Waals surface area contributed by atoms with Gasteiger partial charge in [0.25, 0.3) is 0 Å². The molecular weight excluding hydrogens is 386 g/mol. The molecule has 0 bridgehead atoms. The molecule has 0 spiro atoms. The first-order valence-electron chi connectivity index (χ1n) is 11.5. The summed E-state index contributed by atoms with van der Waals surface area (Å²) in [5, 5.41) is 3.16. The van der Waals surface area contributed by atoms with Crippen molar-refractivity contribution in [2.24, 2.45) is 17.3 Å². The second kappa shape index (κ2) is 8.81. The number of hydrogen-bond donors (Lipinski definition) is 1. The summed E-state index contributed by atoms with van der Waals surface area (Å²) in [7, 11) is 0. The number of aromatic nitrogens is 1. The van der Waals surface area contributed by atoms with Crippen molar-refractivity contribution >= 4 is 11.8 Å². The van der Waals surface area contributed by atoms with Gasteiger partial charge in [0.2, 0.25) is 11.8 Å². The minimum absolute atomic E-state index is 0.0633. The highest BCUT2D eigenvalue weighted by Gasteiger charge is 2.48. The molecule has 4 rings (SSSR count). The average molecular weight is 420 g/mol. The predicted octanol–water partition coefficient (Wildman–Crippen LogP) is 4.08. The van der Waals surface area contributed by atoms with Crippen LogP contribution in [0.1, 0.15) is 45.6 Å². The van der Waals surface area contributed by atoms with Gasteiger partial charge in [-0.15, -0.1) is 0 Å². The van der Waals surface area contributed by atoms with Crippen molar-refractivity contribution in [3.63, 3.8) is 0 Å². The molecule has 1 saturated carbocycles. The molecule has 1 aliphatic heterocycles. The molecule has 2 aromatic rings. The van der Waals surface area contributed by atoms with Gasteiger partial charge in [0.15, 0.2) is 0 Å². The van der Waals surface area contributed by atoms with Gasteiger partial charge in [-0.2, -0.15) is 0 Å². The Labute approximate surface area is 185 Å². The largest absolute Gasteiger partial charge is 0.353 e. The lowest BCUT2D eigenvalue weighted by molar-refractivity contribution is -0.142. The number of nitrogens with zero attached hydrogens (tertiary/aromatic N) is 2. The lowest BCUT2D eigenvalue weighted by Gasteiger charge is -2.42. The van der Waals surface area contributed by atoms with E-state index < -0.39 is 5.41 Å². The quantitative estimate of drug-likeness (QED) is 0.767. The van der Waals surface area contributed by atoms with Gasteiger partial charge in [0.1, 0.15) is 0 Å². The van der Waals surface area contributed by atoms with Gasteiger partial charge in [-0.25, -0.2) is 0 Å². The Morgan fingerprint density at radius 1 is 1.19 bits per heavy atom. The number of likely N-dealkylation sites (tertiary alicyclic amines) is 1. The van der Waals surface area contributed by atoms with Crippen molar-refractivity contribution < 1.29 is 9.59 Å². The second-order valence-corrected chi connectivity index (χ2v) is 9.66. The molecule has 1 aromatic heterocycles. The Kier molecular flexibility index (Phi) is 6.12. The molecule has 2 aliphatic rings. The smallest absolute Gasteiger partial charge is 0.228 e. The zero-order chi connectivity index (χ0) is 22.0. The maximum Gasteiger partial charge on any atom is 0.228 e. The first-order valence-corrected chi connectivity index (χ1v) is 11.5. The summed E-state index contributed by atoms with van der Waals surface area (Å²) in [6.07, 6.45) is 6.84.